The molecule has 0 bridgehead atoms. The van der Waals surface area contributed by atoms with Gasteiger partial charge in [-0.05, 0) is 55.5 Å². The molecule has 2 aromatic rings. The van der Waals surface area contributed by atoms with E-state index in [9.17, 15) is 9.59 Å². The molecule has 0 aliphatic carbocycles. The molecule has 1 aliphatic rings. The molecule has 0 aromatic heterocycles. The van der Waals surface area contributed by atoms with Gasteiger partial charge >= 0.3 is 0 Å². The number of nitrogens with zero attached hydrogens (tertiary/aromatic N) is 1. The van der Waals surface area contributed by atoms with Crippen LogP contribution < -0.4 is 10.1 Å². The van der Waals surface area contributed by atoms with Gasteiger partial charge in [-0.2, -0.15) is 0 Å². The Bertz CT molecular complexity index is 831. The molecule has 1 heterocycles. The van der Waals surface area contributed by atoms with E-state index in [0.717, 1.165) is 36.7 Å². The molecule has 0 saturated carbocycles. The summed E-state index contributed by atoms with van der Waals surface area (Å²) in [5, 5.41) is 4.79. The molecule has 2 amide bonds. The molecule has 5 heteroatoms. The summed E-state index contributed by atoms with van der Waals surface area (Å²) in [7, 11) is 0. The van der Waals surface area contributed by atoms with E-state index in [1.807, 2.05) is 55.1 Å². The van der Waals surface area contributed by atoms with Crippen LogP contribution in [-0.2, 0) is 4.79 Å². The average molecular weight is 368 g/mol. The van der Waals surface area contributed by atoms with Crippen molar-refractivity contribution in [3.63, 3.8) is 0 Å². The van der Waals surface area contributed by atoms with Crippen molar-refractivity contribution in [2.24, 2.45) is 5.92 Å². The van der Waals surface area contributed by atoms with E-state index in [0.29, 0.717) is 17.2 Å². The SMILES string of the molecule is CC1CCCN(C(=O)c2cc3ccccc3cc2OCC(=O)NC(C)C)C1. The maximum atomic E-state index is 13.2. The minimum Gasteiger partial charge on any atom is -0.483 e. The maximum Gasteiger partial charge on any atom is 0.258 e. The number of piperidine rings is 1. The number of fused-ring (bicyclic) bond motifs is 1. The highest BCUT2D eigenvalue weighted by molar-refractivity contribution is 6.01. The van der Waals surface area contributed by atoms with Gasteiger partial charge in [0.2, 0.25) is 0 Å². The van der Waals surface area contributed by atoms with Gasteiger partial charge in [-0.1, -0.05) is 31.2 Å². The van der Waals surface area contributed by atoms with Gasteiger partial charge in [-0.3, -0.25) is 9.59 Å². The zero-order chi connectivity index (χ0) is 19.4. The second kappa shape index (κ2) is 8.42. The van der Waals surface area contributed by atoms with Crippen LogP contribution in [0.5, 0.6) is 5.75 Å². The molecular formula is C22H28N2O3. The summed E-state index contributed by atoms with van der Waals surface area (Å²) in [4.78, 5) is 27.1. The van der Waals surface area contributed by atoms with E-state index in [2.05, 4.69) is 12.2 Å². The van der Waals surface area contributed by atoms with Gasteiger partial charge in [0, 0.05) is 19.1 Å². The molecule has 1 fully saturated rings. The molecule has 2 aromatic carbocycles. The first kappa shape index (κ1) is 19.2. The quantitative estimate of drug-likeness (QED) is 0.877. The number of hydrogen-bond acceptors (Lipinski definition) is 3. The second-order valence-corrected chi connectivity index (χ2v) is 7.70. The summed E-state index contributed by atoms with van der Waals surface area (Å²) < 4.78 is 5.79. The zero-order valence-corrected chi connectivity index (χ0v) is 16.3. The van der Waals surface area contributed by atoms with Gasteiger partial charge in [0.15, 0.2) is 6.61 Å². The molecule has 3 rings (SSSR count). The van der Waals surface area contributed by atoms with Crippen LogP contribution in [0.25, 0.3) is 10.8 Å². The van der Waals surface area contributed by atoms with Crippen molar-refractivity contribution in [1.82, 2.24) is 10.2 Å². The van der Waals surface area contributed by atoms with Crippen LogP contribution in [0.15, 0.2) is 36.4 Å². The Morgan fingerprint density at radius 2 is 1.93 bits per heavy atom. The van der Waals surface area contributed by atoms with E-state index in [-0.39, 0.29) is 24.5 Å². The van der Waals surface area contributed by atoms with Crippen LogP contribution >= 0.6 is 0 Å². The lowest BCUT2D eigenvalue weighted by Crippen LogP contribution is -2.39. The monoisotopic (exact) mass is 368 g/mol. The molecular weight excluding hydrogens is 340 g/mol. The third-order valence-electron chi connectivity index (χ3n) is 4.83. The fraction of sp³-hybridized carbons (Fsp3) is 0.455. The highest BCUT2D eigenvalue weighted by Crippen LogP contribution is 2.29. The fourth-order valence-corrected chi connectivity index (χ4v) is 3.56. The van der Waals surface area contributed by atoms with Gasteiger partial charge in [0.1, 0.15) is 5.75 Å². The molecule has 5 nitrogen and oxygen atoms in total. The number of likely N-dealkylation sites (tertiary alicyclic amines) is 1. The molecule has 0 spiro atoms. The van der Waals surface area contributed by atoms with Crippen LogP contribution in [-0.4, -0.2) is 42.5 Å². The number of ether oxygens (including phenoxy) is 1. The van der Waals surface area contributed by atoms with Crippen LogP contribution in [0.2, 0.25) is 0 Å². The Hall–Kier alpha value is -2.56. The Morgan fingerprint density at radius 1 is 1.22 bits per heavy atom. The molecule has 1 atom stereocenters. The van der Waals surface area contributed by atoms with Crippen molar-refractivity contribution in [3.8, 4) is 5.75 Å². The summed E-state index contributed by atoms with van der Waals surface area (Å²) in [6.07, 6.45) is 2.17. The van der Waals surface area contributed by atoms with Gasteiger partial charge in [0.05, 0.1) is 5.56 Å². The molecule has 1 saturated heterocycles. The van der Waals surface area contributed by atoms with Gasteiger partial charge in [-0.25, -0.2) is 0 Å². The molecule has 1 unspecified atom stereocenters. The standard InChI is InChI=1S/C22H28N2O3/c1-15(2)23-21(25)14-27-20-12-18-9-5-4-8-17(18)11-19(20)22(26)24-10-6-7-16(3)13-24/h4-5,8-9,11-12,15-16H,6-7,10,13-14H2,1-3H3,(H,23,25). The lowest BCUT2D eigenvalue weighted by atomic mass is 9.98. The summed E-state index contributed by atoms with van der Waals surface area (Å²) in [6, 6.07) is 11.7. The van der Waals surface area contributed by atoms with E-state index in [1.165, 1.54) is 0 Å². The number of amides is 2. The minimum atomic E-state index is -0.192. The Kier molecular flexibility index (Phi) is 5.99. The number of hydrogen-bond donors (Lipinski definition) is 1. The minimum absolute atomic E-state index is 0.0217. The number of rotatable bonds is 5. The Labute approximate surface area is 160 Å². The summed E-state index contributed by atoms with van der Waals surface area (Å²) >= 11 is 0. The van der Waals surface area contributed by atoms with Crippen molar-refractivity contribution in [2.75, 3.05) is 19.7 Å². The van der Waals surface area contributed by atoms with Crippen LogP contribution in [0.3, 0.4) is 0 Å². The van der Waals surface area contributed by atoms with Crippen molar-refractivity contribution in [1.29, 1.82) is 0 Å². The smallest absolute Gasteiger partial charge is 0.258 e. The lowest BCUT2D eigenvalue weighted by molar-refractivity contribution is -0.123. The number of nitrogens with one attached hydrogen (secondary N) is 1. The highest BCUT2D eigenvalue weighted by Gasteiger charge is 2.25. The topological polar surface area (TPSA) is 58.6 Å². The number of benzene rings is 2. The summed E-state index contributed by atoms with van der Waals surface area (Å²) in [5.74, 6) is 0.759. The molecule has 0 radical (unpaired) electrons. The first-order chi connectivity index (χ1) is 12.9. The summed E-state index contributed by atoms with van der Waals surface area (Å²) in [6.45, 7) is 7.41. The van der Waals surface area contributed by atoms with Crippen LogP contribution in [0.4, 0.5) is 0 Å². The first-order valence-electron chi connectivity index (χ1n) is 9.68. The third kappa shape index (κ3) is 4.79. The summed E-state index contributed by atoms with van der Waals surface area (Å²) in [5.41, 5.74) is 0.528. The van der Waals surface area contributed by atoms with Gasteiger partial charge in [-0.15, -0.1) is 0 Å². The Balaban J connectivity index is 1.89. The van der Waals surface area contributed by atoms with E-state index in [1.54, 1.807) is 0 Å². The fourth-order valence-electron chi connectivity index (χ4n) is 3.56. The van der Waals surface area contributed by atoms with E-state index >= 15 is 0 Å². The molecule has 144 valence electrons. The van der Waals surface area contributed by atoms with Crippen molar-refractivity contribution < 1.29 is 14.3 Å². The number of carbonyl (C=O) groups excluding carboxylic acids is 2. The van der Waals surface area contributed by atoms with Crippen molar-refractivity contribution >= 4 is 22.6 Å². The maximum absolute atomic E-state index is 13.2. The highest BCUT2D eigenvalue weighted by atomic mass is 16.5. The van der Waals surface area contributed by atoms with E-state index < -0.39 is 0 Å². The number of carbonyl (C=O) groups is 2. The van der Waals surface area contributed by atoms with Crippen molar-refractivity contribution in [3.05, 3.63) is 42.0 Å². The predicted octanol–water partition coefficient (Wildman–Crippen LogP) is 3.62. The van der Waals surface area contributed by atoms with Gasteiger partial charge < -0.3 is 15.0 Å². The first-order valence-corrected chi connectivity index (χ1v) is 9.68. The molecule has 1 aliphatic heterocycles. The third-order valence-corrected chi connectivity index (χ3v) is 4.83. The van der Waals surface area contributed by atoms with Gasteiger partial charge in [0.25, 0.3) is 11.8 Å². The second-order valence-electron chi connectivity index (χ2n) is 7.70. The average Bonchev–Trinajstić information content (AvgIpc) is 2.64. The van der Waals surface area contributed by atoms with E-state index in [4.69, 9.17) is 4.74 Å². The van der Waals surface area contributed by atoms with Crippen LogP contribution in [0.1, 0.15) is 44.0 Å². The predicted molar refractivity (Wildman–Crippen MR) is 107 cm³/mol. The normalized spacial score (nSPS) is 17.2. The molecule has 27 heavy (non-hydrogen) atoms. The van der Waals surface area contributed by atoms with Crippen LogP contribution in [0, 0.1) is 5.92 Å². The largest absolute Gasteiger partial charge is 0.483 e. The molecule has 1 N–H and O–H groups in total. The zero-order valence-electron chi connectivity index (χ0n) is 16.3. The Morgan fingerprint density at radius 3 is 2.59 bits per heavy atom. The lowest BCUT2D eigenvalue weighted by Gasteiger charge is -2.31. The van der Waals surface area contributed by atoms with Crippen molar-refractivity contribution in [2.45, 2.75) is 39.7 Å².